The van der Waals surface area contributed by atoms with Gasteiger partial charge in [0.2, 0.25) is 0 Å². The molecule has 1 aromatic rings. The molecular weight excluding hydrogens is 208 g/mol. The summed E-state index contributed by atoms with van der Waals surface area (Å²) in [5.74, 6) is 0.795. The first kappa shape index (κ1) is 10.9. The van der Waals surface area contributed by atoms with E-state index < -0.39 is 0 Å². The lowest BCUT2D eigenvalue weighted by Gasteiger charge is -2.30. The van der Waals surface area contributed by atoms with Gasteiger partial charge in [0, 0.05) is 32.5 Å². The van der Waals surface area contributed by atoms with Crippen LogP contribution < -0.4 is 0 Å². The maximum Gasteiger partial charge on any atom is 0.320 e. The molecule has 88 valence electrons. The van der Waals surface area contributed by atoms with Crippen LogP contribution in [0.15, 0.2) is 12.4 Å². The van der Waals surface area contributed by atoms with E-state index in [0.29, 0.717) is 32.8 Å². The van der Waals surface area contributed by atoms with E-state index in [9.17, 15) is 4.79 Å². The minimum Gasteiger partial charge on any atom is -0.378 e. The summed E-state index contributed by atoms with van der Waals surface area (Å²) in [6.07, 6.45) is 3.44. The van der Waals surface area contributed by atoms with Gasteiger partial charge < -0.3 is 19.5 Å². The average molecular weight is 224 g/mol. The molecule has 2 heterocycles. The summed E-state index contributed by atoms with van der Waals surface area (Å²) in [4.78, 5) is 22.5. The van der Waals surface area contributed by atoms with Gasteiger partial charge in [-0.2, -0.15) is 0 Å². The molecule has 0 saturated carbocycles. The SMILES string of the molecule is CN(Cc1ncc[nH]1)C(=O)N1CCOCC1. The van der Waals surface area contributed by atoms with E-state index in [1.54, 1.807) is 29.2 Å². The second-order valence-corrected chi connectivity index (χ2v) is 3.77. The Morgan fingerprint density at radius 2 is 2.38 bits per heavy atom. The summed E-state index contributed by atoms with van der Waals surface area (Å²) >= 11 is 0. The number of carbonyl (C=O) groups is 1. The predicted octanol–water partition coefficient (Wildman–Crippen LogP) is 0.294. The Morgan fingerprint density at radius 1 is 1.62 bits per heavy atom. The van der Waals surface area contributed by atoms with Crippen molar-refractivity contribution < 1.29 is 9.53 Å². The fourth-order valence-electron chi connectivity index (χ4n) is 1.67. The maximum atomic E-state index is 12.0. The van der Waals surface area contributed by atoms with Crippen molar-refractivity contribution in [2.45, 2.75) is 6.54 Å². The van der Waals surface area contributed by atoms with Crippen molar-refractivity contribution in [3.8, 4) is 0 Å². The molecule has 0 aromatic carbocycles. The molecule has 0 bridgehead atoms. The van der Waals surface area contributed by atoms with Gasteiger partial charge in [-0.1, -0.05) is 0 Å². The molecule has 0 aliphatic carbocycles. The second kappa shape index (κ2) is 4.98. The molecule has 6 heteroatoms. The van der Waals surface area contributed by atoms with Crippen LogP contribution >= 0.6 is 0 Å². The molecule has 1 N–H and O–H groups in total. The van der Waals surface area contributed by atoms with Crippen LogP contribution in [0.3, 0.4) is 0 Å². The number of imidazole rings is 1. The zero-order valence-electron chi connectivity index (χ0n) is 9.35. The number of urea groups is 1. The number of amides is 2. The zero-order chi connectivity index (χ0) is 11.4. The number of nitrogens with zero attached hydrogens (tertiary/aromatic N) is 3. The molecule has 1 aliphatic rings. The lowest BCUT2D eigenvalue weighted by atomic mass is 10.4. The van der Waals surface area contributed by atoms with Crippen molar-refractivity contribution in [2.75, 3.05) is 33.4 Å². The number of aromatic nitrogens is 2. The van der Waals surface area contributed by atoms with Crippen LogP contribution in [0.5, 0.6) is 0 Å². The van der Waals surface area contributed by atoms with Crippen LogP contribution in [-0.4, -0.2) is 59.1 Å². The third-order valence-corrected chi connectivity index (χ3v) is 2.55. The molecule has 0 radical (unpaired) electrons. The quantitative estimate of drug-likeness (QED) is 0.785. The minimum atomic E-state index is 0.0275. The van der Waals surface area contributed by atoms with E-state index in [0.717, 1.165) is 5.82 Å². The number of rotatable bonds is 2. The normalized spacial score (nSPS) is 16.2. The monoisotopic (exact) mass is 224 g/mol. The molecule has 16 heavy (non-hydrogen) atoms. The fourth-order valence-corrected chi connectivity index (χ4v) is 1.67. The van der Waals surface area contributed by atoms with Crippen molar-refractivity contribution in [2.24, 2.45) is 0 Å². The number of carbonyl (C=O) groups excluding carboxylic acids is 1. The first-order valence-corrected chi connectivity index (χ1v) is 5.33. The van der Waals surface area contributed by atoms with Crippen molar-refractivity contribution >= 4 is 6.03 Å². The van der Waals surface area contributed by atoms with Crippen LogP contribution in [0.2, 0.25) is 0 Å². The van der Waals surface area contributed by atoms with E-state index in [-0.39, 0.29) is 6.03 Å². The van der Waals surface area contributed by atoms with Gasteiger partial charge >= 0.3 is 6.03 Å². The molecule has 2 rings (SSSR count). The number of nitrogens with one attached hydrogen (secondary N) is 1. The minimum absolute atomic E-state index is 0.0275. The molecule has 1 aliphatic heterocycles. The van der Waals surface area contributed by atoms with Crippen molar-refractivity contribution in [3.05, 3.63) is 18.2 Å². The first-order chi connectivity index (χ1) is 7.77. The lowest BCUT2D eigenvalue weighted by molar-refractivity contribution is 0.0446. The Hall–Kier alpha value is -1.56. The first-order valence-electron chi connectivity index (χ1n) is 5.33. The molecule has 1 aromatic heterocycles. The second-order valence-electron chi connectivity index (χ2n) is 3.77. The summed E-state index contributed by atoms with van der Waals surface area (Å²) < 4.78 is 5.20. The number of hydrogen-bond donors (Lipinski definition) is 1. The number of ether oxygens (including phenoxy) is 1. The highest BCUT2D eigenvalue weighted by atomic mass is 16.5. The topological polar surface area (TPSA) is 61.5 Å². The van der Waals surface area contributed by atoms with Crippen LogP contribution in [0.1, 0.15) is 5.82 Å². The Balaban J connectivity index is 1.88. The number of aromatic amines is 1. The Bertz CT molecular complexity index is 333. The molecule has 0 spiro atoms. The number of morpholine rings is 1. The van der Waals surface area contributed by atoms with Gasteiger partial charge in [0.25, 0.3) is 0 Å². The summed E-state index contributed by atoms with van der Waals surface area (Å²) in [7, 11) is 1.78. The van der Waals surface area contributed by atoms with Crippen molar-refractivity contribution in [1.82, 2.24) is 19.8 Å². The molecule has 0 atom stereocenters. The maximum absolute atomic E-state index is 12.0. The highest BCUT2D eigenvalue weighted by molar-refractivity contribution is 5.74. The van der Waals surface area contributed by atoms with Gasteiger partial charge in [0.05, 0.1) is 19.8 Å². The largest absolute Gasteiger partial charge is 0.378 e. The molecule has 1 saturated heterocycles. The standard InChI is InChI=1S/C10H16N4O2/c1-13(8-9-11-2-3-12-9)10(15)14-4-6-16-7-5-14/h2-3H,4-8H2,1H3,(H,11,12). The lowest BCUT2D eigenvalue weighted by Crippen LogP contribution is -2.46. The summed E-state index contributed by atoms with van der Waals surface area (Å²) in [5, 5.41) is 0. The average Bonchev–Trinajstić information content (AvgIpc) is 2.82. The van der Waals surface area contributed by atoms with Crippen LogP contribution in [0, 0.1) is 0 Å². The Kier molecular flexibility index (Phi) is 3.40. The molecule has 1 fully saturated rings. The predicted molar refractivity (Wildman–Crippen MR) is 57.8 cm³/mol. The van der Waals surface area contributed by atoms with Gasteiger partial charge in [-0.25, -0.2) is 9.78 Å². The molecule has 6 nitrogen and oxygen atoms in total. The molecule has 2 amide bonds. The third kappa shape index (κ3) is 2.52. The Labute approximate surface area is 94.2 Å². The highest BCUT2D eigenvalue weighted by Gasteiger charge is 2.20. The van der Waals surface area contributed by atoms with E-state index >= 15 is 0 Å². The van der Waals surface area contributed by atoms with Crippen LogP contribution in [-0.2, 0) is 11.3 Å². The van der Waals surface area contributed by atoms with Crippen molar-refractivity contribution in [1.29, 1.82) is 0 Å². The Morgan fingerprint density at radius 3 is 3.00 bits per heavy atom. The van der Waals surface area contributed by atoms with E-state index in [1.807, 2.05) is 0 Å². The smallest absolute Gasteiger partial charge is 0.320 e. The number of hydrogen-bond acceptors (Lipinski definition) is 3. The number of H-pyrrole nitrogens is 1. The summed E-state index contributed by atoms with van der Waals surface area (Å²) in [5.41, 5.74) is 0. The van der Waals surface area contributed by atoms with Gasteiger partial charge in [-0.15, -0.1) is 0 Å². The molecular formula is C10H16N4O2. The van der Waals surface area contributed by atoms with E-state index in [4.69, 9.17) is 4.74 Å². The van der Waals surface area contributed by atoms with Gasteiger partial charge in [-0.05, 0) is 0 Å². The van der Waals surface area contributed by atoms with Crippen molar-refractivity contribution in [3.63, 3.8) is 0 Å². The van der Waals surface area contributed by atoms with E-state index in [2.05, 4.69) is 9.97 Å². The van der Waals surface area contributed by atoms with Gasteiger partial charge in [-0.3, -0.25) is 0 Å². The van der Waals surface area contributed by atoms with Gasteiger partial charge in [0.15, 0.2) is 0 Å². The van der Waals surface area contributed by atoms with Crippen LogP contribution in [0.4, 0.5) is 4.79 Å². The third-order valence-electron chi connectivity index (χ3n) is 2.55. The fraction of sp³-hybridized carbons (Fsp3) is 0.600. The summed E-state index contributed by atoms with van der Waals surface area (Å²) in [6, 6.07) is 0.0275. The summed E-state index contributed by atoms with van der Waals surface area (Å²) in [6.45, 7) is 3.09. The highest BCUT2D eigenvalue weighted by Crippen LogP contribution is 2.04. The zero-order valence-corrected chi connectivity index (χ0v) is 9.35. The molecule has 0 unspecified atom stereocenters. The van der Waals surface area contributed by atoms with Crippen LogP contribution in [0.25, 0.3) is 0 Å². The van der Waals surface area contributed by atoms with E-state index in [1.165, 1.54) is 0 Å². The van der Waals surface area contributed by atoms with Gasteiger partial charge in [0.1, 0.15) is 5.82 Å².